The molecular weight excluding hydrogens is 198 g/mol. The molecule has 15 heavy (non-hydrogen) atoms. The molecule has 0 N–H and O–H groups in total. The molecule has 0 spiro atoms. The largest absolute Gasteiger partial charge is 0.358 e. The molecular formula is C8H9N5O2. The maximum atomic E-state index is 10.6. The van der Waals surface area contributed by atoms with Gasteiger partial charge in [-0.25, -0.2) is 9.55 Å². The van der Waals surface area contributed by atoms with E-state index in [0.29, 0.717) is 5.82 Å². The second-order valence-corrected chi connectivity index (χ2v) is 3.10. The average molecular weight is 207 g/mol. The number of nitro groups is 1. The van der Waals surface area contributed by atoms with Crippen molar-refractivity contribution in [2.75, 3.05) is 0 Å². The van der Waals surface area contributed by atoms with Crippen LogP contribution in [0, 0.1) is 10.1 Å². The van der Waals surface area contributed by atoms with Gasteiger partial charge in [-0.1, -0.05) is 0 Å². The molecule has 0 fully saturated rings. The minimum absolute atomic E-state index is 0.0359. The molecule has 0 aliphatic carbocycles. The van der Waals surface area contributed by atoms with Crippen LogP contribution >= 0.6 is 0 Å². The highest BCUT2D eigenvalue weighted by molar-refractivity contribution is 5.52. The minimum atomic E-state index is -0.465. The van der Waals surface area contributed by atoms with Gasteiger partial charge >= 0.3 is 5.82 Å². The van der Waals surface area contributed by atoms with Crippen LogP contribution in [0.1, 0.15) is 0 Å². The van der Waals surface area contributed by atoms with Gasteiger partial charge in [-0.2, -0.15) is 5.10 Å². The first kappa shape index (κ1) is 9.38. The highest BCUT2D eigenvalue weighted by Crippen LogP contribution is 2.21. The molecule has 2 aromatic heterocycles. The van der Waals surface area contributed by atoms with Crippen LogP contribution in [0.2, 0.25) is 0 Å². The number of hydrogen-bond donors (Lipinski definition) is 0. The molecule has 0 aromatic carbocycles. The van der Waals surface area contributed by atoms with E-state index in [4.69, 9.17) is 0 Å². The third-order valence-electron chi connectivity index (χ3n) is 2.20. The molecule has 0 aliphatic heterocycles. The maximum absolute atomic E-state index is 10.6. The van der Waals surface area contributed by atoms with Crippen LogP contribution < -0.4 is 0 Å². The van der Waals surface area contributed by atoms with Crippen molar-refractivity contribution in [1.29, 1.82) is 0 Å². The van der Waals surface area contributed by atoms with E-state index in [1.165, 1.54) is 10.8 Å². The monoisotopic (exact) mass is 207 g/mol. The molecule has 7 heteroatoms. The van der Waals surface area contributed by atoms with E-state index in [-0.39, 0.29) is 5.82 Å². The summed E-state index contributed by atoms with van der Waals surface area (Å²) in [5, 5.41) is 14.6. The maximum Gasteiger partial charge on any atom is 0.342 e. The molecule has 2 rings (SSSR count). The lowest BCUT2D eigenvalue weighted by Gasteiger charge is -1.98. The Morgan fingerprint density at radius 2 is 2.20 bits per heavy atom. The van der Waals surface area contributed by atoms with Crippen LogP contribution in [0.25, 0.3) is 11.5 Å². The van der Waals surface area contributed by atoms with Crippen molar-refractivity contribution >= 4 is 5.82 Å². The van der Waals surface area contributed by atoms with E-state index >= 15 is 0 Å². The summed E-state index contributed by atoms with van der Waals surface area (Å²) < 4.78 is 3.04. The zero-order chi connectivity index (χ0) is 11.0. The molecule has 7 nitrogen and oxygen atoms in total. The molecule has 0 aliphatic rings. The molecule has 2 heterocycles. The van der Waals surface area contributed by atoms with Gasteiger partial charge in [0.2, 0.25) is 5.82 Å². The first-order chi connectivity index (χ1) is 7.11. The van der Waals surface area contributed by atoms with Crippen molar-refractivity contribution in [3.8, 4) is 11.5 Å². The molecule has 0 saturated heterocycles. The van der Waals surface area contributed by atoms with Crippen molar-refractivity contribution in [2.24, 2.45) is 14.1 Å². The van der Waals surface area contributed by atoms with Crippen LogP contribution in [0.3, 0.4) is 0 Å². The summed E-state index contributed by atoms with van der Waals surface area (Å²) in [4.78, 5) is 14.1. The molecule has 2 aromatic rings. The van der Waals surface area contributed by atoms with Crippen molar-refractivity contribution in [2.45, 2.75) is 0 Å². The minimum Gasteiger partial charge on any atom is -0.358 e. The first-order valence-electron chi connectivity index (χ1n) is 4.25. The lowest BCUT2D eigenvalue weighted by molar-refractivity contribution is -0.391. The standard InChI is InChI=1S/C8H9N5O2/c1-11-7(13(14)15)5-9-8(11)6-3-4-10-12(6)2/h3-5H,1-2H3. The Morgan fingerprint density at radius 3 is 2.67 bits per heavy atom. The Labute approximate surface area is 85.1 Å². The number of aryl methyl sites for hydroxylation is 1. The highest BCUT2D eigenvalue weighted by Gasteiger charge is 2.19. The van der Waals surface area contributed by atoms with E-state index in [9.17, 15) is 10.1 Å². The molecule has 0 unspecified atom stereocenters. The first-order valence-corrected chi connectivity index (χ1v) is 4.25. The van der Waals surface area contributed by atoms with Crippen LogP contribution in [0.4, 0.5) is 5.82 Å². The van der Waals surface area contributed by atoms with E-state index in [0.717, 1.165) is 5.69 Å². The van der Waals surface area contributed by atoms with Crippen LogP contribution in [-0.4, -0.2) is 24.3 Å². The Balaban J connectivity index is 2.56. The normalized spacial score (nSPS) is 10.5. The molecule has 0 radical (unpaired) electrons. The number of hydrogen-bond acceptors (Lipinski definition) is 4. The van der Waals surface area contributed by atoms with Gasteiger partial charge in [0.05, 0.1) is 7.05 Å². The van der Waals surface area contributed by atoms with E-state index in [2.05, 4.69) is 10.1 Å². The van der Waals surface area contributed by atoms with Crippen molar-refractivity contribution < 1.29 is 4.92 Å². The van der Waals surface area contributed by atoms with Crippen molar-refractivity contribution in [3.63, 3.8) is 0 Å². The van der Waals surface area contributed by atoms with E-state index < -0.39 is 4.92 Å². The Kier molecular flexibility index (Phi) is 2.00. The number of aromatic nitrogens is 4. The third kappa shape index (κ3) is 1.37. The molecule has 0 atom stereocenters. The van der Waals surface area contributed by atoms with Crippen LogP contribution in [-0.2, 0) is 14.1 Å². The Hall–Kier alpha value is -2.18. The van der Waals surface area contributed by atoms with Crippen LogP contribution in [0.5, 0.6) is 0 Å². The SMILES string of the molecule is Cn1nccc1-c1ncc([N+](=O)[O-])n1C. The van der Waals surface area contributed by atoms with Crippen molar-refractivity contribution in [1.82, 2.24) is 19.3 Å². The van der Waals surface area contributed by atoms with Gasteiger partial charge in [-0.15, -0.1) is 0 Å². The lowest BCUT2D eigenvalue weighted by Crippen LogP contribution is -2.02. The van der Waals surface area contributed by atoms with Gasteiger partial charge in [0, 0.05) is 13.2 Å². The van der Waals surface area contributed by atoms with Gasteiger partial charge in [-0.05, 0) is 11.0 Å². The third-order valence-corrected chi connectivity index (χ3v) is 2.20. The number of imidazole rings is 1. The molecule has 78 valence electrons. The van der Waals surface area contributed by atoms with Gasteiger partial charge in [0.25, 0.3) is 0 Å². The summed E-state index contributed by atoms with van der Waals surface area (Å²) in [6.07, 6.45) is 2.86. The fourth-order valence-corrected chi connectivity index (χ4v) is 1.40. The van der Waals surface area contributed by atoms with Gasteiger partial charge < -0.3 is 10.1 Å². The summed E-state index contributed by atoms with van der Waals surface area (Å²) in [6, 6.07) is 1.76. The van der Waals surface area contributed by atoms with Crippen LogP contribution in [0.15, 0.2) is 18.5 Å². The van der Waals surface area contributed by atoms with Gasteiger partial charge in [-0.3, -0.25) is 4.68 Å². The smallest absolute Gasteiger partial charge is 0.342 e. The predicted molar refractivity (Wildman–Crippen MR) is 52.1 cm³/mol. The number of nitrogens with zero attached hydrogens (tertiary/aromatic N) is 5. The Morgan fingerprint density at radius 1 is 1.47 bits per heavy atom. The quantitative estimate of drug-likeness (QED) is 0.537. The molecule has 0 saturated carbocycles. The molecule has 0 bridgehead atoms. The second kappa shape index (κ2) is 3.19. The van der Waals surface area contributed by atoms with Crippen molar-refractivity contribution in [3.05, 3.63) is 28.6 Å². The zero-order valence-corrected chi connectivity index (χ0v) is 8.28. The second-order valence-electron chi connectivity index (χ2n) is 3.10. The summed E-state index contributed by atoms with van der Waals surface area (Å²) in [6.45, 7) is 0. The predicted octanol–water partition coefficient (Wildman–Crippen LogP) is 0.729. The summed E-state index contributed by atoms with van der Waals surface area (Å²) in [5.41, 5.74) is 0.741. The fourth-order valence-electron chi connectivity index (χ4n) is 1.40. The lowest BCUT2D eigenvalue weighted by atomic mass is 10.4. The van der Waals surface area contributed by atoms with Gasteiger partial charge in [0.15, 0.2) is 0 Å². The summed E-state index contributed by atoms with van der Waals surface area (Å²) >= 11 is 0. The van der Waals surface area contributed by atoms with E-state index in [1.807, 2.05) is 0 Å². The summed E-state index contributed by atoms with van der Waals surface area (Å²) in [5.74, 6) is 0.493. The summed E-state index contributed by atoms with van der Waals surface area (Å²) in [7, 11) is 3.36. The topological polar surface area (TPSA) is 78.8 Å². The average Bonchev–Trinajstić information content (AvgIpc) is 2.71. The molecule has 0 amide bonds. The van der Waals surface area contributed by atoms with E-state index in [1.54, 1.807) is 31.0 Å². The fraction of sp³-hybridized carbons (Fsp3) is 0.250. The number of rotatable bonds is 2. The Bertz CT molecular complexity index is 513. The zero-order valence-electron chi connectivity index (χ0n) is 8.28. The highest BCUT2D eigenvalue weighted by atomic mass is 16.6. The van der Waals surface area contributed by atoms with Gasteiger partial charge in [0.1, 0.15) is 11.9 Å².